The van der Waals surface area contributed by atoms with Crippen LogP contribution in [-0.4, -0.2) is 68.6 Å². The smallest absolute Gasteiger partial charge is 0.410 e. The first-order chi connectivity index (χ1) is 19.3. The highest BCUT2D eigenvalue weighted by molar-refractivity contribution is 5.75. The molecular weight excluding hydrogens is 527 g/mol. The quantitative estimate of drug-likeness (QED) is 0.421. The molecule has 6 rings (SSSR count). The highest BCUT2D eigenvalue weighted by Crippen LogP contribution is 2.52. The second-order valence-corrected chi connectivity index (χ2v) is 13.6. The van der Waals surface area contributed by atoms with Crippen molar-refractivity contribution < 1.29 is 28.2 Å². The highest BCUT2D eigenvalue weighted by Gasteiger charge is 2.50. The molecule has 4 heterocycles. The molecule has 1 aromatic carbocycles. The van der Waals surface area contributed by atoms with Crippen LogP contribution in [0.2, 0.25) is 0 Å². The van der Waals surface area contributed by atoms with Crippen LogP contribution in [0, 0.1) is 12.7 Å². The van der Waals surface area contributed by atoms with Crippen molar-refractivity contribution in [2.45, 2.75) is 109 Å². The van der Waals surface area contributed by atoms with Crippen LogP contribution in [0.4, 0.5) is 14.0 Å². The molecule has 1 saturated carbocycles. The first kappa shape index (κ1) is 27.8. The summed E-state index contributed by atoms with van der Waals surface area (Å²) in [5.74, 6) is 0.116. The highest BCUT2D eigenvalue weighted by atomic mass is 19.1. The zero-order chi connectivity index (χ0) is 29.3. The van der Waals surface area contributed by atoms with Gasteiger partial charge in [0.25, 0.3) is 0 Å². The first-order valence-electron chi connectivity index (χ1n) is 14.8. The number of hydrogen-bond donors (Lipinski definition) is 0. The molecule has 1 aliphatic carbocycles. The number of nitrogens with zero attached hydrogens (tertiary/aromatic N) is 4. The Hall–Kier alpha value is -3.30. The van der Waals surface area contributed by atoms with Crippen LogP contribution >= 0.6 is 0 Å². The number of amides is 2. The number of ether oxygens (including phenoxy) is 3. The maximum Gasteiger partial charge on any atom is 0.410 e. The van der Waals surface area contributed by atoms with Gasteiger partial charge in [0.15, 0.2) is 0 Å². The van der Waals surface area contributed by atoms with Crippen LogP contribution in [0.3, 0.4) is 0 Å². The molecule has 1 spiro atoms. The number of piperidine rings is 2. The maximum atomic E-state index is 15.3. The molecule has 41 heavy (non-hydrogen) atoms. The minimum Gasteiger partial charge on any atom is -0.481 e. The molecule has 2 amide bonds. The van der Waals surface area contributed by atoms with Crippen molar-refractivity contribution in [1.82, 2.24) is 19.6 Å². The molecule has 1 aromatic heterocycles. The predicted octanol–water partition coefficient (Wildman–Crippen LogP) is 6.33. The summed E-state index contributed by atoms with van der Waals surface area (Å²) in [6, 6.07) is 4.91. The van der Waals surface area contributed by atoms with Crippen molar-refractivity contribution in [3.63, 3.8) is 0 Å². The number of rotatable bonds is 2. The van der Waals surface area contributed by atoms with Crippen molar-refractivity contribution in [3.8, 4) is 17.0 Å². The molecule has 0 unspecified atom stereocenters. The van der Waals surface area contributed by atoms with Gasteiger partial charge in [0.05, 0.1) is 11.6 Å². The van der Waals surface area contributed by atoms with Crippen molar-refractivity contribution in [2.75, 3.05) is 19.6 Å². The van der Waals surface area contributed by atoms with Gasteiger partial charge in [-0.05, 0) is 79.4 Å². The lowest BCUT2D eigenvalue weighted by Gasteiger charge is -2.46. The monoisotopic (exact) mass is 568 g/mol. The lowest BCUT2D eigenvalue weighted by molar-refractivity contribution is -0.0145. The lowest BCUT2D eigenvalue weighted by Crippen LogP contribution is -2.54. The molecule has 0 bridgehead atoms. The Labute approximate surface area is 240 Å². The molecule has 4 aliphatic rings. The maximum absolute atomic E-state index is 15.3. The van der Waals surface area contributed by atoms with Gasteiger partial charge in [-0.25, -0.2) is 14.0 Å². The van der Waals surface area contributed by atoms with Crippen LogP contribution in [0.25, 0.3) is 11.3 Å². The Morgan fingerprint density at radius 2 is 1.78 bits per heavy atom. The number of likely N-dealkylation sites (tertiary alicyclic amines) is 2. The third kappa shape index (κ3) is 5.03. The topological polar surface area (TPSA) is 86.1 Å². The molecule has 222 valence electrons. The van der Waals surface area contributed by atoms with E-state index in [-0.39, 0.29) is 30.1 Å². The van der Waals surface area contributed by atoms with Gasteiger partial charge in [-0.2, -0.15) is 5.10 Å². The van der Waals surface area contributed by atoms with Crippen LogP contribution in [0.15, 0.2) is 18.2 Å². The standard InChI is InChI=1S/C31H41FN4O5/c1-19-25-26(33-36(19)20-12-15-35(30(5,6)18-20)28(38)41-29(2,3)4)24-22(32)8-7-9-23(24)40-31(25)13-16-34(17-14-31)27(37)39-21-10-11-21/h7-9,20-21H,10-18H2,1-6H3/t20-/m1/s1. The third-order valence-corrected chi connectivity index (χ3v) is 8.86. The van der Waals surface area contributed by atoms with E-state index in [1.807, 2.05) is 37.3 Å². The molecule has 0 N–H and O–H groups in total. The number of carbonyl (C=O) groups excluding carboxylic acids is 2. The molecule has 0 radical (unpaired) electrons. The van der Waals surface area contributed by atoms with Crippen molar-refractivity contribution in [2.24, 2.45) is 0 Å². The van der Waals surface area contributed by atoms with Crippen LogP contribution < -0.4 is 4.74 Å². The third-order valence-electron chi connectivity index (χ3n) is 8.86. The zero-order valence-corrected chi connectivity index (χ0v) is 25.0. The van der Waals surface area contributed by atoms with Crippen LogP contribution in [-0.2, 0) is 15.1 Å². The van der Waals surface area contributed by atoms with Gasteiger partial charge in [-0.1, -0.05) is 6.07 Å². The molecule has 3 fully saturated rings. The Kier molecular flexibility index (Phi) is 6.54. The number of hydrogen-bond acceptors (Lipinski definition) is 6. The minimum absolute atomic E-state index is 0.00942. The molecule has 1 atom stereocenters. The number of fused-ring (bicyclic) bond motifs is 4. The minimum atomic E-state index is -0.721. The van der Waals surface area contributed by atoms with Crippen molar-refractivity contribution >= 4 is 12.2 Å². The van der Waals surface area contributed by atoms with E-state index in [4.69, 9.17) is 19.3 Å². The van der Waals surface area contributed by atoms with E-state index in [0.717, 1.165) is 24.1 Å². The largest absolute Gasteiger partial charge is 0.481 e. The van der Waals surface area contributed by atoms with E-state index in [9.17, 15) is 9.59 Å². The molecule has 9 nitrogen and oxygen atoms in total. The second-order valence-electron chi connectivity index (χ2n) is 13.6. The molecular formula is C31H41FN4O5. The van der Waals surface area contributed by atoms with Crippen LogP contribution in [0.1, 0.15) is 90.4 Å². The summed E-state index contributed by atoms with van der Waals surface area (Å²) in [6.45, 7) is 13.3. The second kappa shape index (κ2) is 9.63. The fraction of sp³-hybridized carbons (Fsp3) is 0.645. The van der Waals surface area contributed by atoms with E-state index in [1.165, 1.54) is 6.07 Å². The number of carbonyl (C=O) groups is 2. The number of benzene rings is 1. The molecule has 2 saturated heterocycles. The summed E-state index contributed by atoms with van der Waals surface area (Å²) in [6.07, 6.45) is 3.83. The summed E-state index contributed by atoms with van der Waals surface area (Å²) < 4.78 is 35.2. The Balaban J connectivity index is 1.31. The summed E-state index contributed by atoms with van der Waals surface area (Å²) >= 11 is 0. The normalized spacial score (nSPS) is 23.0. The molecule has 3 aliphatic heterocycles. The average molecular weight is 569 g/mol. The Morgan fingerprint density at radius 3 is 2.41 bits per heavy atom. The molecule has 10 heteroatoms. The van der Waals surface area contributed by atoms with E-state index in [1.54, 1.807) is 17.0 Å². The number of halogens is 1. The fourth-order valence-electron chi connectivity index (χ4n) is 6.71. The summed E-state index contributed by atoms with van der Waals surface area (Å²) in [4.78, 5) is 29.2. The van der Waals surface area contributed by atoms with Gasteiger partial charge in [0.2, 0.25) is 0 Å². The van der Waals surface area contributed by atoms with Gasteiger partial charge in [0, 0.05) is 49.3 Å². The predicted molar refractivity (Wildman–Crippen MR) is 150 cm³/mol. The van der Waals surface area contributed by atoms with Gasteiger partial charge >= 0.3 is 12.2 Å². The molecule has 2 aromatic rings. The first-order valence-corrected chi connectivity index (χ1v) is 14.8. The van der Waals surface area contributed by atoms with E-state index in [0.29, 0.717) is 62.3 Å². The van der Waals surface area contributed by atoms with E-state index < -0.39 is 16.7 Å². The van der Waals surface area contributed by atoms with E-state index >= 15 is 4.39 Å². The van der Waals surface area contributed by atoms with Gasteiger partial charge < -0.3 is 24.0 Å². The zero-order valence-electron chi connectivity index (χ0n) is 25.0. The van der Waals surface area contributed by atoms with Crippen molar-refractivity contribution in [1.29, 1.82) is 0 Å². The number of aromatic nitrogens is 2. The van der Waals surface area contributed by atoms with Crippen LogP contribution in [0.5, 0.6) is 5.75 Å². The van der Waals surface area contributed by atoms with Gasteiger partial charge in [-0.3, -0.25) is 4.68 Å². The summed E-state index contributed by atoms with van der Waals surface area (Å²) in [5, 5.41) is 5.08. The van der Waals surface area contributed by atoms with E-state index in [2.05, 4.69) is 13.8 Å². The average Bonchev–Trinajstić information content (AvgIpc) is 3.62. The summed E-state index contributed by atoms with van der Waals surface area (Å²) in [7, 11) is 0. The van der Waals surface area contributed by atoms with Crippen molar-refractivity contribution in [3.05, 3.63) is 35.3 Å². The Morgan fingerprint density at radius 1 is 1.07 bits per heavy atom. The summed E-state index contributed by atoms with van der Waals surface area (Å²) in [5.41, 5.74) is 1.08. The lowest BCUT2D eigenvalue weighted by atomic mass is 9.79. The van der Waals surface area contributed by atoms with Gasteiger partial charge in [-0.15, -0.1) is 0 Å². The van der Waals surface area contributed by atoms with Gasteiger partial charge in [0.1, 0.15) is 34.6 Å². The Bertz CT molecular complexity index is 1370. The fourth-order valence-corrected chi connectivity index (χ4v) is 6.71. The SMILES string of the molecule is Cc1c2c(nn1[C@@H]1CCN(C(=O)OC(C)(C)C)C(C)(C)C1)-c1c(F)cccc1OC21CCN(C(=O)OC2CC2)CC1.